The first-order valence-electron chi connectivity index (χ1n) is 10.1. The van der Waals surface area contributed by atoms with E-state index in [1.807, 2.05) is 30.5 Å². The van der Waals surface area contributed by atoms with Gasteiger partial charge in [0.2, 0.25) is 5.91 Å². The average molecular weight is 429 g/mol. The van der Waals surface area contributed by atoms with Crippen molar-refractivity contribution in [1.82, 2.24) is 15.3 Å². The highest BCUT2D eigenvalue weighted by Crippen LogP contribution is 2.19. The Labute approximate surface area is 184 Å². The maximum atomic E-state index is 12.4. The quantitative estimate of drug-likeness (QED) is 0.308. The summed E-state index contributed by atoms with van der Waals surface area (Å²) in [6.45, 7) is 0.315. The Morgan fingerprint density at radius 1 is 1.06 bits per heavy atom. The first-order valence-corrected chi connectivity index (χ1v) is 10.1. The van der Waals surface area contributed by atoms with Crippen LogP contribution < -0.4 is 16.4 Å². The van der Waals surface area contributed by atoms with Crippen LogP contribution in [0.15, 0.2) is 73.1 Å². The van der Waals surface area contributed by atoms with Gasteiger partial charge in [0.1, 0.15) is 5.75 Å². The molecular weight excluding hydrogens is 406 g/mol. The molecule has 0 aliphatic rings. The Balaban J connectivity index is 1.30. The Kier molecular flexibility index (Phi) is 6.14. The van der Waals surface area contributed by atoms with E-state index in [0.29, 0.717) is 18.7 Å². The van der Waals surface area contributed by atoms with Gasteiger partial charge in [-0.2, -0.15) is 0 Å². The van der Waals surface area contributed by atoms with Gasteiger partial charge < -0.3 is 26.5 Å². The summed E-state index contributed by atoms with van der Waals surface area (Å²) in [6, 6.07) is 17.2. The van der Waals surface area contributed by atoms with Crippen molar-refractivity contribution < 1.29 is 14.7 Å². The lowest BCUT2D eigenvalue weighted by Gasteiger charge is -2.12. The number of nitrogens with one attached hydrogen (secondary N) is 3. The number of hydrogen-bond acceptors (Lipinski definition) is 5. The van der Waals surface area contributed by atoms with E-state index in [-0.39, 0.29) is 17.4 Å². The van der Waals surface area contributed by atoms with Crippen molar-refractivity contribution in [3.8, 4) is 5.75 Å². The van der Waals surface area contributed by atoms with Gasteiger partial charge in [-0.1, -0.05) is 30.3 Å². The number of fused-ring (bicyclic) bond motifs is 1. The van der Waals surface area contributed by atoms with Crippen molar-refractivity contribution in [2.45, 2.75) is 19.0 Å². The molecular formula is C24H23N5O3. The van der Waals surface area contributed by atoms with E-state index in [1.54, 1.807) is 30.3 Å². The van der Waals surface area contributed by atoms with E-state index in [2.05, 4.69) is 20.6 Å². The monoisotopic (exact) mass is 429 g/mol. The minimum Gasteiger partial charge on any atom is -0.505 e. The molecule has 0 radical (unpaired) electrons. The topological polar surface area (TPSA) is 133 Å². The molecule has 4 aromatic rings. The summed E-state index contributed by atoms with van der Waals surface area (Å²) in [5.74, 6) is -0.931. The molecule has 0 unspecified atom stereocenters. The molecule has 0 bridgehead atoms. The van der Waals surface area contributed by atoms with Crippen LogP contribution in [0.3, 0.4) is 0 Å². The lowest BCUT2D eigenvalue weighted by Crippen LogP contribution is -2.41. The van der Waals surface area contributed by atoms with Crippen LogP contribution in [-0.2, 0) is 17.8 Å². The summed E-state index contributed by atoms with van der Waals surface area (Å²) >= 11 is 0. The predicted octanol–water partition coefficient (Wildman–Crippen LogP) is 2.71. The van der Waals surface area contributed by atoms with Crippen LogP contribution in [-0.4, -0.2) is 32.9 Å². The standard InChI is InChI=1S/C24H23N5O3/c25-19(12-16-14-27-20-5-2-1-4-18(16)20)23(31)28-13-15-7-9-17(10-8-15)29-24(32)22-21(30)6-3-11-26-22/h1-11,14,19,27,30H,12-13,25H2,(H,28,31)(H,29,32)/t19-/m1/s1. The number of para-hydroxylation sites is 1. The summed E-state index contributed by atoms with van der Waals surface area (Å²) in [5.41, 5.74) is 9.48. The highest BCUT2D eigenvalue weighted by atomic mass is 16.3. The first kappa shape index (κ1) is 21.1. The second-order valence-electron chi connectivity index (χ2n) is 7.41. The van der Waals surface area contributed by atoms with Gasteiger partial charge in [-0.25, -0.2) is 4.98 Å². The third-order valence-electron chi connectivity index (χ3n) is 5.13. The molecule has 162 valence electrons. The van der Waals surface area contributed by atoms with Crippen LogP contribution in [0.4, 0.5) is 5.69 Å². The molecule has 0 aliphatic carbocycles. The third-order valence-corrected chi connectivity index (χ3v) is 5.13. The number of benzene rings is 2. The number of hydrogen-bond donors (Lipinski definition) is 5. The van der Waals surface area contributed by atoms with Crippen LogP contribution in [0.2, 0.25) is 0 Å². The van der Waals surface area contributed by atoms with E-state index in [9.17, 15) is 14.7 Å². The highest BCUT2D eigenvalue weighted by molar-refractivity contribution is 6.04. The zero-order valence-electron chi connectivity index (χ0n) is 17.2. The van der Waals surface area contributed by atoms with Gasteiger partial charge in [-0.3, -0.25) is 9.59 Å². The number of aromatic nitrogens is 2. The number of carbonyl (C=O) groups excluding carboxylic acids is 2. The second-order valence-corrected chi connectivity index (χ2v) is 7.41. The van der Waals surface area contributed by atoms with Crippen molar-refractivity contribution in [1.29, 1.82) is 0 Å². The Morgan fingerprint density at radius 2 is 1.84 bits per heavy atom. The zero-order valence-corrected chi connectivity index (χ0v) is 17.2. The molecule has 0 saturated heterocycles. The minimum atomic E-state index is -0.668. The SMILES string of the molecule is N[C@H](Cc1c[nH]c2ccccc12)C(=O)NCc1ccc(NC(=O)c2ncccc2O)cc1. The van der Waals surface area contributed by atoms with E-state index in [0.717, 1.165) is 22.0 Å². The fourth-order valence-corrected chi connectivity index (χ4v) is 3.42. The summed E-state index contributed by atoms with van der Waals surface area (Å²) in [7, 11) is 0. The summed E-state index contributed by atoms with van der Waals surface area (Å²) in [6.07, 6.45) is 3.75. The number of amides is 2. The number of nitrogens with two attached hydrogens (primary N) is 1. The number of aromatic amines is 1. The first-order chi connectivity index (χ1) is 15.5. The number of anilines is 1. The van der Waals surface area contributed by atoms with Crippen LogP contribution in [0.1, 0.15) is 21.6 Å². The molecule has 2 aromatic heterocycles. The largest absolute Gasteiger partial charge is 0.505 e. The fraction of sp³-hybridized carbons (Fsp3) is 0.125. The number of H-pyrrole nitrogens is 1. The molecule has 2 aromatic carbocycles. The summed E-state index contributed by atoms with van der Waals surface area (Å²) in [4.78, 5) is 31.7. The van der Waals surface area contributed by atoms with Gasteiger partial charge in [0.15, 0.2) is 5.69 Å². The van der Waals surface area contributed by atoms with Crippen LogP contribution in [0.5, 0.6) is 5.75 Å². The number of pyridine rings is 1. The molecule has 1 atom stereocenters. The molecule has 8 heteroatoms. The van der Waals surface area contributed by atoms with Crippen molar-refractivity contribution in [2.24, 2.45) is 5.73 Å². The van der Waals surface area contributed by atoms with Crippen molar-refractivity contribution in [3.63, 3.8) is 0 Å². The Morgan fingerprint density at radius 3 is 2.62 bits per heavy atom. The Hall–Kier alpha value is -4.17. The maximum absolute atomic E-state index is 12.4. The number of carbonyl (C=O) groups is 2. The van der Waals surface area contributed by atoms with E-state index in [1.165, 1.54) is 12.3 Å². The van der Waals surface area contributed by atoms with E-state index >= 15 is 0 Å². The number of aromatic hydroxyl groups is 1. The lowest BCUT2D eigenvalue weighted by atomic mass is 10.0. The van der Waals surface area contributed by atoms with E-state index in [4.69, 9.17) is 5.73 Å². The van der Waals surface area contributed by atoms with Gasteiger partial charge >= 0.3 is 0 Å². The molecule has 4 rings (SSSR count). The fourth-order valence-electron chi connectivity index (χ4n) is 3.42. The van der Waals surface area contributed by atoms with Crippen LogP contribution in [0.25, 0.3) is 10.9 Å². The number of rotatable bonds is 7. The van der Waals surface area contributed by atoms with Crippen molar-refractivity contribution in [2.75, 3.05) is 5.32 Å². The molecule has 2 heterocycles. The van der Waals surface area contributed by atoms with Gasteiger partial charge in [0.25, 0.3) is 5.91 Å². The normalized spacial score (nSPS) is 11.8. The van der Waals surface area contributed by atoms with Gasteiger partial charge in [-0.15, -0.1) is 0 Å². The van der Waals surface area contributed by atoms with Gasteiger partial charge in [0.05, 0.1) is 6.04 Å². The molecule has 0 aliphatic heterocycles. The van der Waals surface area contributed by atoms with Crippen molar-refractivity contribution >= 4 is 28.4 Å². The average Bonchev–Trinajstić information content (AvgIpc) is 3.21. The van der Waals surface area contributed by atoms with Crippen LogP contribution in [0, 0.1) is 0 Å². The highest BCUT2D eigenvalue weighted by Gasteiger charge is 2.16. The van der Waals surface area contributed by atoms with E-state index < -0.39 is 11.9 Å². The molecule has 8 nitrogen and oxygen atoms in total. The molecule has 6 N–H and O–H groups in total. The molecule has 2 amide bonds. The second kappa shape index (κ2) is 9.32. The van der Waals surface area contributed by atoms with Gasteiger partial charge in [-0.05, 0) is 47.9 Å². The zero-order chi connectivity index (χ0) is 22.5. The number of nitrogens with zero attached hydrogens (tertiary/aromatic N) is 1. The molecule has 0 saturated carbocycles. The van der Waals surface area contributed by atoms with Crippen molar-refractivity contribution in [3.05, 3.63) is 89.9 Å². The summed E-state index contributed by atoms with van der Waals surface area (Å²) < 4.78 is 0. The van der Waals surface area contributed by atoms with Gasteiger partial charge in [0, 0.05) is 35.5 Å². The smallest absolute Gasteiger partial charge is 0.278 e. The lowest BCUT2D eigenvalue weighted by molar-refractivity contribution is -0.122. The molecule has 0 fully saturated rings. The minimum absolute atomic E-state index is 0.0481. The maximum Gasteiger partial charge on any atom is 0.278 e. The molecule has 0 spiro atoms. The molecule has 32 heavy (non-hydrogen) atoms. The Bertz CT molecular complexity index is 1250. The summed E-state index contributed by atoms with van der Waals surface area (Å²) in [5, 5.41) is 16.3. The predicted molar refractivity (Wildman–Crippen MR) is 122 cm³/mol. The van der Waals surface area contributed by atoms with Crippen LogP contribution >= 0.6 is 0 Å². The third kappa shape index (κ3) is 4.76.